The van der Waals surface area contributed by atoms with Gasteiger partial charge in [-0.15, -0.1) is 0 Å². The lowest BCUT2D eigenvalue weighted by molar-refractivity contribution is 0.134. The Bertz CT molecular complexity index is 445. The van der Waals surface area contributed by atoms with Crippen molar-refractivity contribution in [3.05, 3.63) is 12.4 Å². The van der Waals surface area contributed by atoms with Gasteiger partial charge in [-0.2, -0.15) is 5.26 Å². The molecule has 0 radical (unpaired) electrons. The highest BCUT2D eigenvalue weighted by Gasteiger charge is 2.33. The van der Waals surface area contributed by atoms with E-state index in [0.717, 1.165) is 18.3 Å². The van der Waals surface area contributed by atoms with Gasteiger partial charge in [0, 0.05) is 12.6 Å². The summed E-state index contributed by atoms with van der Waals surface area (Å²) in [5, 5.41) is 14.4. The van der Waals surface area contributed by atoms with Gasteiger partial charge in [-0.25, -0.2) is 9.97 Å². The fraction of sp³-hybridized carbons (Fsp3) is 0.615. The first kappa shape index (κ1) is 12.6. The van der Waals surface area contributed by atoms with Crippen molar-refractivity contribution < 1.29 is 0 Å². The molecule has 0 unspecified atom stereocenters. The third kappa shape index (κ3) is 2.89. The number of nitrogens with zero attached hydrogens (tertiary/aromatic N) is 3. The second kappa shape index (κ2) is 5.21. The van der Waals surface area contributed by atoms with Gasteiger partial charge in [0.2, 0.25) is 0 Å². The second-order valence-corrected chi connectivity index (χ2v) is 5.50. The van der Waals surface area contributed by atoms with Crippen LogP contribution in [0.5, 0.6) is 0 Å². The molecule has 0 atom stereocenters. The van der Waals surface area contributed by atoms with Gasteiger partial charge in [-0.3, -0.25) is 5.32 Å². The molecule has 0 aliphatic heterocycles. The lowest BCUT2D eigenvalue weighted by atomic mass is 9.67. The first-order chi connectivity index (χ1) is 8.62. The van der Waals surface area contributed by atoms with Gasteiger partial charge in [-0.1, -0.05) is 20.3 Å². The predicted molar refractivity (Wildman–Crippen MR) is 70.9 cm³/mol. The molecular weight excluding hydrogens is 226 g/mol. The van der Waals surface area contributed by atoms with Crippen molar-refractivity contribution in [2.45, 2.75) is 33.1 Å². The minimum Gasteiger partial charge on any atom is -0.369 e. The Morgan fingerprint density at radius 1 is 1.39 bits per heavy atom. The topological polar surface area (TPSA) is 73.6 Å². The summed E-state index contributed by atoms with van der Waals surface area (Å²) in [7, 11) is 0. The molecule has 96 valence electrons. The molecule has 18 heavy (non-hydrogen) atoms. The largest absolute Gasteiger partial charge is 0.369 e. The maximum Gasteiger partial charge on any atom is 0.182 e. The van der Waals surface area contributed by atoms with Gasteiger partial charge in [0.1, 0.15) is 18.0 Å². The highest BCUT2D eigenvalue weighted by Crippen LogP contribution is 2.41. The maximum absolute atomic E-state index is 8.54. The number of hydrogen-bond donors (Lipinski definition) is 2. The Balaban J connectivity index is 1.93. The second-order valence-electron chi connectivity index (χ2n) is 5.50. The molecule has 1 aromatic rings. The molecule has 2 N–H and O–H groups in total. The fourth-order valence-corrected chi connectivity index (χ4v) is 2.23. The van der Waals surface area contributed by atoms with E-state index in [1.54, 1.807) is 6.07 Å². The molecule has 0 saturated heterocycles. The van der Waals surface area contributed by atoms with Crippen molar-refractivity contribution in [2.24, 2.45) is 11.3 Å². The van der Waals surface area contributed by atoms with Crippen molar-refractivity contribution in [3.8, 4) is 6.19 Å². The van der Waals surface area contributed by atoms with Crippen LogP contribution < -0.4 is 10.6 Å². The highest BCUT2D eigenvalue weighted by molar-refractivity contribution is 5.48. The maximum atomic E-state index is 8.54. The van der Waals surface area contributed by atoms with Crippen LogP contribution in [-0.4, -0.2) is 16.5 Å². The standard InChI is InChI=1S/C13H19N5/c1-13(2,10-4-3-5-10)7-15-11-6-12(16-8-14)18-9-17-11/h6,9-10H,3-5,7H2,1-2H3,(H2,15,16,17,18). The van der Waals surface area contributed by atoms with Crippen molar-refractivity contribution in [1.29, 1.82) is 5.26 Å². The van der Waals surface area contributed by atoms with Crippen LogP contribution in [0.4, 0.5) is 11.6 Å². The van der Waals surface area contributed by atoms with Crippen LogP contribution in [0.25, 0.3) is 0 Å². The zero-order valence-electron chi connectivity index (χ0n) is 10.9. The molecule has 1 aliphatic carbocycles. The van der Waals surface area contributed by atoms with E-state index in [1.807, 2.05) is 6.19 Å². The van der Waals surface area contributed by atoms with Gasteiger partial charge in [0.05, 0.1) is 0 Å². The molecule has 1 heterocycles. The monoisotopic (exact) mass is 245 g/mol. The number of aromatic nitrogens is 2. The van der Waals surface area contributed by atoms with Crippen LogP contribution >= 0.6 is 0 Å². The van der Waals surface area contributed by atoms with Gasteiger partial charge in [0.25, 0.3) is 0 Å². The minimum atomic E-state index is 0.284. The average molecular weight is 245 g/mol. The van der Waals surface area contributed by atoms with Crippen molar-refractivity contribution in [2.75, 3.05) is 17.2 Å². The number of hydrogen-bond acceptors (Lipinski definition) is 5. The van der Waals surface area contributed by atoms with Crippen LogP contribution in [0, 0.1) is 22.8 Å². The lowest BCUT2D eigenvalue weighted by Crippen LogP contribution is -2.35. The molecule has 5 heteroatoms. The van der Waals surface area contributed by atoms with Crippen molar-refractivity contribution in [1.82, 2.24) is 9.97 Å². The summed E-state index contributed by atoms with van der Waals surface area (Å²) in [6.45, 7) is 5.47. The van der Waals surface area contributed by atoms with Crippen molar-refractivity contribution >= 4 is 11.6 Å². The van der Waals surface area contributed by atoms with E-state index in [2.05, 4.69) is 34.4 Å². The zero-order valence-corrected chi connectivity index (χ0v) is 10.9. The molecule has 1 aliphatic rings. The molecule has 5 nitrogen and oxygen atoms in total. The zero-order chi connectivity index (χ0) is 13.0. The molecule has 0 spiro atoms. The van der Waals surface area contributed by atoms with Crippen LogP contribution in [-0.2, 0) is 0 Å². The van der Waals surface area contributed by atoms with E-state index in [1.165, 1.54) is 25.6 Å². The van der Waals surface area contributed by atoms with Gasteiger partial charge < -0.3 is 5.32 Å². The number of anilines is 2. The fourth-order valence-electron chi connectivity index (χ4n) is 2.23. The molecule has 1 fully saturated rings. The van der Waals surface area contributed by atoms with E-state index < -0.39 is 0 Å². The van der Waals surface area contributed by atoms with Gasteiger partial charge >= 0.3 is 0 Å². The Hall–Kier alpha value is -1.83. The summed E-state index contributed by atoms with van der Waals surface area (Å²) in [5.74, 6) is 2.09. The Labute approximate surface area is 108 Å². The number of nitrogens with one attached hydrogen (secondary N) is 2. The van der Waals surface area contributed by atoms with E-state index in [-0.39, 0.29) is 5.41 Å². The van der Waals surface area contributed by atoms with Crippen LogP contribution in [0.3, 0.4) is 0 Å². The summed E-state index contributed by atoms with van der Waals surface area (Å²) in [6.07, 6.45) is 7.33. The highest BCUT2D eigenvalue weighted by atomic mass is 15.1. The summed E-state index contributed by atoms with van der Waals surface area (Å²) >= 11 is 0. The molecule has 0 aromatic carbocycles. The van der Waals surface area contributed by atoms with E-state index in [4.69, 9.17) is 5.26 Å². The predicted octanol–water partition coefficient (Wildman–Crippen LogP) is 2.61. The lowest BCUT2D eigenvalue weighted by Gasteiger charge is -2.40. The van der Waals surface area contributed by atoms with Gasteiger partial charge in [-0.05, 0) is 24.2 Å². The quantitative estimate of drug-likeness (QED) is 0.616. The molecule has 0 amide bonds. The SMILES string of the molecule is CC(C)(CNc1cc(NC#N)ncn1)C1CCC1. The summed E-state index contributed by atoms with van der Waals surface area (Å²) in [5.41, 5.74) is 0.284. The normalized spacial score (nSPS) is 15.6. The molecular formula is C13H19N5. The first-order valence-corrected chi connectivity index (χ1v) is 6.33. The average Bonchev–Trinajstić information content (AvgIpc) is 2.25. The van der Waals surface area contributed by atoms with Crippen LogP contribution in [0.1, 0.15) is 33.1 Å². The Kier molecular flexibility index (Phi) is 3.66. The molecule has 1 saturated carbocycles. The molecule has 1 aromatic heterocycles. The number of rotatable bonds is 5. The van der Waals surface area contributed by atoms with Crippen LogP contribution in [0.2, 0.25) is 0 Å². The van der Waals surface area contributed by atoms with E-state index in [0.29, 0.717) is 5.82 Å². The van der Waals surface area contributed by atoms with E-state index >= 15 is 0 Å². The summed E-state index contributed by atoms with van der Waals surface area (Å²) in [4.78, 5) is 8.11. The summed E-state index contributed by atoms with van der Waals surface area (Å²) < 4.78 is 0. The molecule has 2 rings (SSSR count). The van der Waals surface area contributed by atoms with Crippen LogP contribution in [0.15, 0.2) is 12.4 Å². The van der Waals surface area contributed by atoms with Gasteiger partial charge in [0.15, 0.2) is 6.19 Å². The van der Waals surface area contributed by atoms with Crippen molar-refractivity contribution in [3.63, 3.8) is 0 Å². The minimum absolute atomic E-state index is 0.284. The van der Waals surface area contributed by atoms with E-state index in [9.17, 15) is 0 Å². The third-order valence-corrected chi connectivity index (χ3v) is 3.79. The number of nitriles is 1. The Morgan fingerprint density at radius 2 is 2.11 bits per heavy atom. The molecule has 0 bridgehead atoms. The summed E-state index contributed by atoms with van der Waals surface area (Å²) in [6, 6.07) is 1.75. The third-order valence-electron chi connectivity index (χ3n) is 3.79. The smallest absolute Gasteiger partial charge is 0.182 e. The first-order valence-electron chi connectivity index (χ1n) is 6.33. The Morgan fingerprint density at radius 3 is 2.72 bits per heavy atom.